The molecule has 0 atom stereocenters. The Kier molecular flexibility index (Phi) is 5.91. The number of hydrogen-bond donors (Lipinski definition) is 0. The van der Waals surface area contributed by atoms with Crippen molar-refractivity contribution in [2.24, 2.45) is 10.5 Å². The summed E-state index contributed by atoms with van der Waals surface area (Å²) >= 11 is 0. The topological polar surface area (TPSA) is 71.4 Å². The van der Waals surface area contributed by atoms with Crippen LogP contribution >= 0.6 is 0 Å². The zero-order valence-electron chi connectivity index (χ0n) is 18.9. The fourth-order valence-corrected chi connectivity index (χ4v) is 4.34. The first kappa shape index (κ1) is 21.9. The number of likely N-dealkylation sites (tertiary alicyclic amines) is 1. The highest BCUT2D eigenvalue weighted by molar-refractivity contribution is 6.19. The number of methoxy groups -OCH3 is 2. The highest BCUT2D eigenvalue weighted by Crippen LogP contribution is 2.37. The third-order valence-corrected chi connectivity index (χ3v) is 6.26. The van der Waals surface area contributed by atoms with E-state index < -0.39 is 5.41 Å². The zero-order chi connectivity index (χ0) is 22.9. The molecule has 2 aliphatic heterocycles. The van der Waals surface area contributed by atoms with Crippen molar-refractivity contribution in [1.29, 1.82) is 0 Å². The molecule has 2 aromatic carbocycles. The summed E-state index contributed by atoms with van der Waals surface area (Å²) in [6.07, 6.45) is 1.38. The van der Waals surface area contributed by atoms with Gasteiger partial charge in [-0.2, -0.15) is 5.10 Å². The van der Waals surface area contributed by atoms with Gasteiger partial charge in [0.1, 0.15) is 0 Å². The Balaban J connectivity index is 1.52. The number of amides is 2. The van der Waals surface area contributed by atoms with Crippen LogP contribution in [0.4, 0.5) is 0 Å². The number of benzene rings is 2. The zero-order valence-corrected chi connectivity index (χ0v) is 18.9. The van der Waals surface area contributed by atoms with Gasteiger partial charge in [0.05, 0.1) is 31.4 Å². The normalized spacial score (nSPS) is 18.5. The van der Waals surface area contributed by atoms with E-state index in [1.807, 2.05) is 36.9 Å². The van der Waals surface area contributed by atoms with Crippen LogP contribution in [0.3, 0.4) is 0 Å². The first-order chi connectivity index (χ1) is 15.4. The molecule has 2 heterocycles. The molecule has 0 N–H and O–H groups in total. The fourth-order valence-electron chi connectivity index (χ4n) is 4.34. The molecule has 2 aliphatic rings. The SMILES string of the molecule is COc1ccc(C2=NN(C3CCN(C(=O)c4cc[c]cc4)CC3)C(=O)C2(C)C)cc1OC. The number of carbonyl (C=O) groups is 2. The molecule has 0 aromatic heterocycles. The van der Waals surface area contributed by atoms with Crippen LogP contribution in [0, 0.1) is 11.5 Å². The predicted molar refractivity (Wildman–Crippen MR) is 121 cm³/mol. The van der Waals surface area contributed by atoms with E-state index in [1.165, 1.54) is 0 Å². The summed E-state index contributed by atoms with van der Waals surface area (Å²) < 4.78 is 10.8. The first-order valence-electron chi connectivity index (χ1n) is 10.8. The molecule has 2 amide bonds. The van der Waals surface area contributed by atoms with Gasteiger partial charge in [0.2, 0.25) is 0 Å². The van der Waals surface area contributed by atoms with E-state index in [1.54, 1.807) is 43.5 Å². The molecular weight excluding hydrogens is 406 g/mol. The summed E-state index contributed by atoms with van der Waals surface area (Å²) in [6.45, 7) is 4.98. The van der Waals surface area contributed by atoms with Crippen LogP contribution in [0.15, 0.2) is 47.6 Å². The van der Waals surface area contributed by atoms with Gasteiger partial charge in [-0.3, -0.25) is 9.59 Å². The van der Waals surface area contributed by atoms with E-state index >= 15 is 0 Å². The van der Waals surface area contributed by atoms with Crippen molar-refractivity contribution in [3.8, 4) is 11.5 Å². The van der Waals surface area contributed by atoms with Crippen molar-refractivity contribution in [1.82, 2.24) is 9.91 Å². The maximum absolute atomic E-state index is 13.3. The summed E-state index contributed by atoms with van der Waals surface area (Å²) in [7, 11) is 3.18. The lowest BCUT2D eigenvalue weighted by Gasteiger charge is -2.35. The van der Waals surface area contributed by atoms with Gasteiger partial charge in [-0.25, -0.2) is 5.01 Å². The molecular formula is C25H28N3O4. The minimum atomic E-state index is -0.757. The molecule has 0 unspecified atom stereocenters. The molecule has 0 saturated carbocycles. The molecule has 4 rings (SSSR count). The summed E-state index contributed by atoms with van der Waals surface area (Å²) in [6, 6.07) is 15.5. The van der Waals surface area contributed by atoms with Crippen LogP contribution in [0.2, 0.25) is 0 Å². The van der Waals surface area contributed by atoms with Gasteiger partial charge in [-0.05, 0) is 63.1 Å². The summed E-state index contributed by atoms with van der Waals surface area (Å²) in [5.74, 6) is 1.22. The average Bonchev–Trinajstić information content (AvgIpc) is 3.07. The van der Waals surface area contributed by atoms with Gasteiger partial charge in [0.15, 0.2) is 11.5 Å². The average molecular weight is 435 g/mol. The molecule has 32 heavy (non-hydrogen) atoms. The summed E-state index contributed by atoms with van der Waals surface area (Å²) in [5.41, 5.74) is 1.45. The van der Waals surface area contributed by atoms with E-state index in [4.69, 9.17) is 14.6 Å². The van der Waals surface area contributed by atoms with Crippen molar-refractivity contribution < 1.29 is 19.1 Å². The lowest BCUT2D eigenvalue weighted by atomic mass is 9.83. The van der Waals surface area contributed by atoms with E-state index in [0.29, 0.717) is 48.7 Å². The van der Waals surface area contributed by atoms with E-state index in [9.17, 15) is 9.59 Å². The molecule has 1 fully saturated rings. The quantitative estimate of drug-likeness (QED) is 0.723. The highest BCUT2D eigenvalue weighted by atomic mass is 16.5. The third-order valence-electron chi connectivity index (χ3n) is 6.26. The lowest BCUT2D eigenvalue weighted by molar-refractivity contribution is -0.137. The lowest BCUT2D eigenvalue weighted by Crippen LogP contribution is -2.47. The Bertz CT molecular complexity index is 1040. The monoisotopic (exact) mass is 434 g/mol. The van der Waals surface area contributed by atoms with Gasteiger partial charge in [-0.15, -0.1) is 0 Å². The number of hydrazone groups is 1. The van der Waals surface area contributed by atoms with Gasteiger partial charge >= 0.3 is 0 Å². The molecule has 0 spiro atoms. The molecule has 7 heteroatoms. The highest BCUT2D eigenvalue weighted by Gasteiger charge is 2.47. The second-order valence-corrected chi connectivity index (χ2v) is 8.61. The predicted octanol–water partition coefficient (Wildman–Crippen LogP) is 3.38. The Morgan fingerprint density at radius 1 is 1.06 bits per heavy atom. The van der Waals surface area contributed by atoms with Crippen molar-refractivity contribution in [3.63, 3.8) is 0 Å². The molecule has 7 nitrogen and oxygen atoms in total. The smallest absolute Gasteiger partial charge is 0.254 e. The van der Waals surface area contributed by atoms with E-state index in [2.05, 4.69) is 6.07 Å². The largest absolute Gasteiger partial charge is 0.493 e. The molecule has 1 saturated heterocycles. The molecule has 1 radical (unpaired) electrons. The number of hydrogen-bond acceptors (Lipinski definition) is 5. The molecule has 0 aliphatic carbocycles. The Morgan fingerprint density at radius 3 is 2.34 bits per heavy atom. The number of piperidine rings is 1. The van der Waals surface area contributed by atoms with Crippen LogP contribution < -0.4 is 9.47 Å². The van der Waals surface area contributed by atoms with Crippen LogP contribution in [0.1, 0.15) is 42.6 Å². The number of rotatable bonds is 5. The van der Waals surface area contributed by atoms with Crippen LogP contribution in [0.5, 0.6) is 11.5 Å². The van der Waals surface area contributed by atoms with Crippen molar-refractivity contribution >= 4 is 17.5 Å². The van der Waals surface area contributed by atoms with Gasteiger partial charge in [0, 0.05) is 24.2 Å². The van der Waals surface area contributed by atoms with Gasteiger partial charge in [-0.1, -0.05) is 12.1 Å². The maximum Gasteiger partial charge on any atom is 0.254 e. The summed E-state index contributed by atoms with van der Waals surface area (Å²) in [4.78, 5) is 27.9. The van der Waals surface area contributed by atoms with Crippen molar-refractivity contribution in [3.05, 3.63) is 59.7 Å². The fraction of sp³-hybridized carbons (Fsp3) is 0.400. The molecule has 0 bridgehead atoms. The third kappa shape index (κ3) is 3.83. The van der Waals surface area contributed by atoms with Crippen LogP contribution in [-0.4, -0.2) is 60.8 Å². The second-order valence-electron chi connectivity index (χ2n) is 8.61. The van der Waals surface area contributed by atoms with Gasteiger partial charge in [0.25, 0.3) is 11.8 Å². The molecule has 167 valence electrons. The Morgan fingerprint density at radius 2 is 1.72 bits per heavy atom. The van der Waals surface area contributed by atoms with Gasteiger partial charge < -0.3 is 14.4 Å². The minimum absolute atomic E-state index is 0.0139. The maximum atomic E-state index is 13.3. The van der Waals surface area contributed by atoms with E-state index in [0.717, 1.165) is 5.56 Å². The Labute approximate surface area is 188 Å². The van der Waals surface area contributed by atoms with E-state index in [-0.39, 0.29) is 17.9 Å². The Hall–Kier alpha value is -3.35. The molecule has 2 aromatic rings. The number of carbonyl (C=O) groups excluding carboxylic acids is 2. The minimum Gasteiger partial charge on any atom is -0.493 e. The summed E-state index contributed by atoms with van der Waals surface area (Å²) in [5, 5.41) is 6.40. The van der Waals surface area contributed by atoms with Crippen LogP contribution in [-0.2, 0) is 4.79 Å². The van der Waals surface area contributed by atoms with Crippen molar-refractivity contribution in [2.45, 2.75) is 32.7 Å². The number of nitrogens with zero attached hydrogens (tertiary/aromatic N) is 3. The van der Waals surface area contributed by atoms with Crippen LogP contribution in [0.25, 0.3) is 0 Å². The first-order valence-corrected chi connectivity index (χ1v) is 10.8. The number of ether oxygens (including phenoxy) is 2. The standard InChI is InChI=1S/C25H28N3O4/c1-25(2)22(18-10-11-20(31-3)21(16-18)32-4)26-28(24(25)30)19-12-14-27(15-13-19)23(29)17-8-6-5-7-9-17/h6-11,16,19H,12-15H2,1-4H3. The van der Waals surface area contributed by atoms with Crippen molar-refractivity contribution in [2.75, 3.05) is 27.3 Å². The second kappa shape index (κ2) is 8.65.